The molecule has 47 heavy (non-hydrogen) atoms. The third kappa shape index (κ3) is 8.01. The Hall–Kier alpha value is -4.67. The van der Waals surface area contributed by atoms with Crippen molar-refractivity contribution in [2.45, 2.75) is 97.0 Å². The molecule has 1 aliphatic heterocycles. The Morgan fingerprint density at radius 2 is 1.70 bits per heavy atom. The average molecular weight is 641 g/mol. The molecule has 1 atom stereocenters. The van der Waals surface area contributed by atoms with Crippen molar-refractivity contribution in [3.8, 4) is 17.1 Å². The lowest BCUT2D eigenvalue weighted by Gasteiger charge is -2.34. The van der Waals surface area contributed by atoms with Crippen LogP contribution in [0.1, 0.15) is 84.3 Å². The summed E-state index contributed by atoms with van der Waals surface area (Å²) in [6, 6.07) is 15.5. The van der Waals surface area contributed by atoms with Crippen molar-refractivity contribution in [2.75, 3.05) is 18.0 Å². The molecule has 0 radical (unpaired) electrons. The smallest absolute Gasteiger partial charge is 0.416 e. The van der Waals surface area contributed by atoms with Gasteiger partial charge in [-0.05, 0) is 90.8 Å². The van der Waals surface area contributed by atoms with Crippen LogP contribution in [-0.4, -0.2) is 67.1 Å². The number of benzene rings is 1. The van der Waals surface area contributed by atoms with Crippen LogP contribution in [0.3, 0.4) is 0 Å². The number of amides is 2. The normalized spacial score (nSPS) is 17.0. The summed E-state index contributed by atoms with van der Waals surface area (Å²) in [6.45, 7) is 12.3. The van der Waals surface area contributed by atoms with Crippen molar-refractivity contribution in [3.05, 3.63) is 72.1 Å². The van der Waals surface area contributed by atoms with Gasteiger partial charge in [0.25, 0.3) is 0 Å². The Kier molecular flexibility index (Phi) is 8.82. The third-order valence-corrected chi connectivity index (χ3v) is 7.94. The lowest BCUT2D eigenvalue weighted by atomic mass is 10.1. The summed E-state index contributed by atoms with van der Waals surface area (Å²) >= 11 is 0. The number of piperidine rings is 1. The van der Waals surface area contributed by atoms with Gasteiger partial charge in [-0.25, -0.2) is 9.59 Å². The molecule has 1 aromatic carbocycles. The van der Waals surface area contributed by atoms with E-state index >= 15 is 0 Å². The second-order valence-electron chi connectivity index (χ2n) is 14.3. The fourth-order valence-corrected chi connectivity index (χ4v) is 5.63. The largest absolute Gasteiger partial charge is 0.472 e. The summed E-state index contributed by atoms with van der Waals surface area (Å²) in [5.74, 6) is 1.22. The highest BCUT2D eigenvalue weighted by atomic mass is 16.6. The maximum Gasteiger partial charge on any atom is 0.416 e. The first-order valence-electron chi connectivity index (χ1n) is 16.4. The van der Waals surface area contributed by atoms with Crippen LogP contribution in [0.15, 0.2) is 60.9 Å². The summed E-state index contributed by atoms with van der Waals surface area (Å²) in [5, 5.41) is 4.70. The number of carbonyl (C=O) groups is 2. The van der Waals surface area contributed by atoms with Gasteiger partial charge in [0.15, 0.2) is 5.65 Å². The molecule has 1 saturated heterocycles. The zero-order valence-electron chi connectivity index (χ0n) is 28.1. The molecule has 3 aromatic heterocycles. The van der Waals surface area contributed by atoms with Gasteiger partial charge in [-0.1, -0.05) is 30.3 Å². The molecule has 0 bridgehead atoms. The summed E-state index contributed by atoms with van der Waals surface area (Å²) in [7, 11) is 0. The topological polar surface area (TPSA) is 111 Å². The number of rotatable bonds is 7. The molecule has 1 aliphatic carbocycles. The Balaban J connectivity index is 1.34. The highest BCUT2D eigenvalue weighted by molar-refractivity contribution is 5.87. The number of ether oxygens (including phenoxy) is 3. The Morgan fingerprint density at radius 3 is 2.36 bits per heavy atom. The van der Waals surface area contributed by atoms with Crippen molar-refractivity contribution < 1.29 is 23.8 Å². The predicted octanol–water partition coefficient (Wildman–Crippen LogP) is 7.39. The third-order valence-electron chi connectivity index (χ3n) is 7.94. The fourth-order valence-electron chi connectivity index (χ4n) is 5.63. The van der Waals surface area contributed by atoms with Crippen molar-refractivity contribution in [3.63, 3.8) is 0 Å². The van der Waals surface area contributed by atoms with Crippen LogP contribution in [-0.2, 0) is 16.0 Å². The summed E-state index contributed by atoms with van der Waals surface area (Å²) in [4.78, 5) is 39.4. The maximum atomic E-state index is 13.9. The minimum atomic E-state index is -0.722. The average Bonchev–Trinajstić information content (AvgIpc) is 3.77. The van der Waals surface area contributed by atoms with E-state index in [-0.39, 0.29) is 18.7 Å². The van der Waals surface area contributed by atoms with Crippen molar-refractivity contribution in [2.24, 2.45) is 0 Å². The number of nitrogens with zero attached hydrogens (tertiary/aromatic N) is 6. The highest BCUT2D eigenvalue weighted by Crippen LogP contribution is 2.42. The first-order valence-corrected chi connectivity index (χ1v) is 16.4. The van der Waals surface area contributed by atoms with Crippen LogP contribution < -0.4 is 9.64 Å². The van der Waals surface area contributed by atoms with E-state index in [0.717, 1.165) is 48.1 Å². The van der Waals surface area contributed by atoms with Crippen LogP contribution >= 0.6 is 0 Å². The van der Waals surface area contributed by atoms with E-state index in [2.05, 4.69) is 4.98 Å². The molecule has 2 aliphatic rings. The summed E-state index contributed by atoms with van der Waals surface area (Å²) < 4.78 is 19.7. The van der Waals surface area contributed by atoms with E-state index in [1.807, 2.05) is 90.2 Å². The molecule has 0 spiro atoms. The molecule has 4 heterocycles. The van der Waals surface area contributed by atoms with Crippen LogP contribution in [0.2, 0.25) is 0 Å². The number of hydrogen-bond acceptors (Lipinski definition) is 8. The van der Waals surface area contributed by atoms with E-state index in [9.17, 15) is 9.59 Å². The molecule has 2 amide bonds. The van der Waals surface area contributed by atoms with Gasteiger partial charge in [-0.15, -0.1) is 0 Å². The Bertz CT molecular complexity index is 1720. The van der Waals surface area contributed by atoms with Gasteiger partial charge in [-0.3, -0.25) is 9.88 Å². The van der Waals surface area contributed by atoms with Gasteiger partial charge in [0.2, 0.25) is 5.88 Å². The van der Waals surface area contributed by atoms with E-state index < -0.39 is 17.3 Å². The van der Waals surface area contributed by atoms with Crippen LogP contribution in [0.25, 0.3) is 16.9 Å². The van der Waals surface area contributed by atoms with Crippen LogP contribution in [0.5, 0.6) is 5.88 Å². The molecule has 11 nitrogen and oxygen atoms in total. The molecule has 1 saturated carbocycles. The van der Waals surface area contributed by atoms with E-state index in [0.29, 0.717) is 36.4 Å². The first kappa shape index (κ1) is 32.3. The molecule has 0 unspecified atom stereocenters. The molecular weight excluding hydrogens is 596 g/mol. The van der Waals surface area contributed by atoms with Crippen LogP contribution in [0.4, 0.5) is 15.4 Å². The van der Waals surface area contributed by atoms with Gasteiger partial charge >= 0.3 is 12.2 Å². The fraction of sp³-hybridized carbons (Fsp3) is 0.472. The Labute approximate surface area is 275 Å². The number of likely N-dealkylation sites (tertiary alicyclic amines) is 1. The monoisotopic (exact) mass is 640 g/mol. The molecule has 2 fully saturated rings. The summed E-state index contributed by atoms with van der Waals surface area (Å²) in [6.07, 6.45) is 6.11. The molecule has 248 valence electrons. The molecule has 4 aromatic rings. The van der Waals surface area contributed by atoms with Crippen molar-refractivity contribution >= 4 is 23.7 Å². The number of hydrogen-bond donors (Lipinski definition) is 0. The SMILES string of the molecule is CC(C)(C)OC(=O)N1CCC[C@H](Oc2cc(N(Cc3ccc(-c4ccccn4)cc3)C(=O)OC(C)(C)C)n3ncc(C4CC4)c3n2)C1. The zero-order valence-corrected chi connectivity index (χ0v) is 28.1. The molecule has 11 heteroatoms. The summed E-state index contributed by atoms with van der Waals surface area (Å²) in [5.41, 5.74) is 3.13. The first-order chi connectivity index (χ1) is 22.3. The highest BCUT2D eigenvalue weighted by Gasteiger charge is 2.33. The number of anilines is 1. The molecule has 0 N–H and O–H groups in total. The van der Waals surface area contributed by atoms with E-state index in [1.165, 1.54) is 0 Å². The lowest BCUT2D eigenvalue weighted by molar-refractivity contribution is 0.00720. The van der Waals surface area contributed by atoms with Gasteiger partial charge in [0, 0.05) is 29.9 Å². The number of pyridine rings is 1. The van der Waals surface area contributed by atoms with E-state index in [4.69, 9.17) is 24.3 Å². The predicted molar refractivity (Wildman–Crippen MR) is 179 cm³/mol. The number of fused-ring (bicyclic) bond motifs is 1. The van der Waals surface area contributed by atoms with Gasteiger partial charge in [0.1, 0.15) is 23.1 Å². The Morgan fingerprint density at radius 1 is 0.957 bits per heavy atom. The second kappa shape index (κ2) is 12.8. The van der Waals surface area contributed by atoms with Gasteiger partial charge in [0.05, 0.1) is 25.0 Å². The minimum Gasteiger partial charge on any atom is -0.472 e. The lowest BCUT2D eigenvalue weighted by Crippen LogP contribution is -2.46. The standard InChI is InChI=1S/C36H44N6O5/c1-35(2,3)46-33(43)40-19-9-10-27(23-40)45-30-20-31(42-32(39-30)28(21-38-42)25-16-17-25)41(34(44)47-36(4,5)6)22-24-12-14-26(15-13-24)29-11-7-8-18-37-29/h7-8,11-15,18,20-21,25,27H,9-10,16-17,19,22-23H2,1-6H3/t27-/m0/s1. The minimum absolute atomic E-state index is 0.227. The number of carbonyl (C=O) groups excluding carboxylic acids is 2. The van der Waals surface area contributed by atoms with Crippen molar-refractivity contribution in [1.29, 1.82) is 0 Å². The second-order valence-corrected chi connectivity index (χ2v) is 14.3. The maximum absolute atomic E-state index is 13.9. The molecular formula is C36H44N6O5. The van der Waals surface area contributed by atoms with Gasteiger partial charge < -0.3 is 19.1 Å². The quantitative estimate of drug-likeness (QED) is 0.206. The van der Waals surface area contributed by atoms with Crippen molar-refractivity contribution in [1.82, 2.24) is 24.5 Å². The molecule has 6 rings (SSSR count). The zero-order chi connectivity index (χ0) is 33.3. The van der Waals surface area contributed by atoms with E-state index in [1.54, 1.807) is 26.6 Å². The van der Waals surface area contributed by atoms with Crippen LogP contribution in [0, 0.1) is 0 Å². The number of aromatic nitrogens is 4. The van der Waals surface area contributed by atoms with Gasteiger partial charge in [-0.2, -0.15) is 14.6 Å².